The highest BCUT2D eigenvalue weighted by Crippen LogP contribution is 2.48. The van der Waals surface area contributed by atoms with Gasteiger partial charge in [0.15, 0.2) is 83.7 Å². The Kier molecular flexibility index (Phi) is 33.3. The van der Waals surface area contributed by atoms with Crippen LogP contribution in [0.3, 0.4) is 0 Å². The van der Waals surface area contributed by atoms with Crippen molar-refractivity contribution in [3.05, 3.63) is 286 Å². The molecule has 5 aliphatic heterocycles. The number of methoxy groups -OCH3 is 5. The SMILES string of the molecule is CCC1(CC)CS(=O)(=O)c2cc(O)c(O)cc2C(c2ccccc2)N1.CCC1(CC)CS(=O)(=O)c2cc(OC)c(OC)cc2C(c2ccccc2)N1.CCC1(CC)CS(=O)(=O)c2cc(OC)c(OC)cc2C(c2ccccc2)N1.CCC1(CC)CS(=O)(=O)c2cc(OC)ccc2C(c2ccccc2)N1.CCCC[C@]1(CC)CS(=O)(=O)c2cc(C=O)ccc2[C@@H](c2ccccc2)N1. The largest absolute Gasteiger partial charge is 0.504 e. The van der Waals surface area contributed by atoms with Gasteiger partial charge < -0.3 is 33.9 Å². The maximum atomic E-state index is 13.3. The van der Waals surface area contributed by atoms with Crippen molar-refractivity contribution in [3.8, 4) is 40.2 Å². The van der Waals surface area contributed by atoms with Gasteiger partial charge in [-0.05, 0) is 156 Å². The summed E-state index contributed by atoms with van der Waals surface area (Å²) >= 11 is 0. The Bertz CT molecular complexity index is 6030. The first-order chi connectivity index (χ1) is 62.5. The van der Waals surface area contributed by atoms with Crippen molar-refractivity contribution >= 4 is 55.5 Å². The standard InChI is InChI=1S/C22H27NO3S.2C21H27NO4S.C20H25NO3S.C19H23NO4S/c1-3-5-13-22(4-2)16-27(25,26)20-14-17(15-24)11-12-19(20)21(23-22)18-9-7-6-8-10-18;2*1-5-21(6-2)14-27(23,24)19-13-18(26-4)17(25-3)12-16(19)20(22-21)15-10-8-7-9-11-15;1-4-20(5-2)14-25(22,23)18-13-16(24-3)11-12-17(18)19(21-20)15-9-7-6-8-10-15;1-3-19(4-2)12-25(23,24)17-11-16(22)15(21)10-14(17)18(20-19)13-8-6-5-7-9-13/h6-12,14-15,21,23H,3-5,13,16H2,1-2H3;2*7-13,20,22H,5-6,14H2,1-4H3;6-13,19,21H,4-5,14H2,1-3H3;5-11,18,20-22H,3-4,12H2,1-2H3/t21-,22-;;;;/m1..../s1. The zero-order chi connectivity index (χ0) is 95.1. The Hall–Kier alpha value is -9.98. The third-order valence-electron chi connectivity index (χ3n) is 27.1. The van der Waals surface area contributed by atoms with E-state index in [1.54, 1.807) is 63.8 Å². The Morgan fingerprint density at radius 3 is 0.840 bits per heavy atom. The summed E-state index contributed by atoms with van der Waals surface area (Å²) in [4.78, 5) is 12.6. The van der Waals surface area contributed by atoms with E-state index in [0.717, 1.165) is 77.5 Å². The summed E-state index contributed by atoms with van der Waals surface area (Å²) < 4.78 is 159. The molecule has 5 aliphatic rings. The van der Waals surface area contributed by atoms with Crippen molar-refractivity contribution in [2.24, 2.45) is 0 Å². The van der Waals surface area contributed by atoms with Crippen molar-refractivity contribution in [2.75, 3.05) is 64.3 Å². The molecule has 0 spiro atoms. The van der Waals surface area contributed by atoms with Crippen LogP contribution in [0.15, 0.2) is 249 Å². The molecule has 0 aliphatic carbocycles. The summed E-state index contributed by atoms with van der Waals surface area (Å²) in [5.41, 5.74) is 6.29. The molecule has 28 heteroatoms. The average Bonchev–Trinajstić information content (AvgIpc) is 1.64. The molecule has 704 valence electrons. The van der Waals surface area contributed by atoms with Crippen molar-refractivity contribution in [2.45, 2.75) is 229 Å². The van der Waals surface area contributed by atoms with Crippen LogP contribution in [-0.2, 0) is 49.2 Å². The van der Waals surface area contributed by atoms with Gasteiger partial charge in [-0.2, -0.15) is 0 Å². The summed E-state index contributed by atoms with van der Waals surface area (Å²) in [5.74, 6) is 1.92. The number of carbonyl (C=O) groups excluding carboxylic acids is 1. The average molecular weight is 1890 g/mol. The van der Waals surface area contributed by atoms with E-state index in [0.29, 0.717) is 110 Å². The van der Waals surface area contributed by atoms with E-state index in [4.69, 9.17) is 23.7 Å². The molecule has 0 fully saturated rings. The second-order valence-corrected chi connectivity index (χ2v) is 44.4. The summed E-state index contributed by atoms with van der Waals surface area (Å²) in [6.07, 6.45) is 9.88. The van der Waals surface area contributed by atoms with Crippen molar-refractivity contribution < 1.29 is 80.8 Å². The predicted molar refractivity (Wildman–Crippen MR) is 517 cm³/mol. The first-order valence-corrected chi connectivity index (χ1v) is 53.4. The smallest absolute Gasteiger partial charge is 0.180 e. The predicted octanol–water partition coefficient (Wildman–Crippen LogP) is 18.6. The zero-order valence-electron chi connectivity index (χ0n) is 77.8. The molecule has 15 rings (SSSR count). The fourth-order valence-electron chi connectivity index (χ4n) is 18.6. The van der Waals surface area contributed by atoms with Crippen LogP contribution in [0.2, 0.25) is 0 Å². The van der Waals surface area contributed by atoms with Crippen molar-refractivity contribution in [1.82, 2.24) is 26.6 Å². The van der Waals surface area contributed by atoms with Crippen LogP contribution >= 0.6 is 0 Å². The van der Waals surface area contributed by atoms with Gasteiger partial charge in [-0.3, -0.25) is 31.4 Å². The molecule has 0 radical (unpaired) electrons. The summed E-state index contributed by atoms with van der Waals surface area (Å²) in [7, 11) is -9.88. The molecular formula is C103H129N5O18S5. The molecule has 0 aromatic heterocycles. The molecule has 23 nitrogen and oxygen atoms in total. The van der Waals surface area contributed by atoms with Gasteiger partial charge in [-0.1, -0.05) is 252 Å². The molecule has 10 aromatic rings. The normalized spacial score (nSPS) is 21.4. The fraction of sp³-hybridized carbons (Fsp3) is 0.408. The van der Waals surface area contributed by atoms with Crippen LogP contribution in [-0.4, -0.2) is 151 Å². The van der Waals surface area contributed by atoms with Crippen LogP contribution in [0.25, 0.3) is 0 Å². The van der Waals surface area contributed by atoms with Crippen molar-refractivity contribution in [1.29, 1.82) is 0 Å². The Labute approximate surface area is 776 Å². The maximum absolute atomic E-state index is 13.3. The highest BCUT2D eigenvalue weighted by molar-refractivity contribution is 7.92. The number of unbranched alkanes of at least 4 members (excludes halogenated alkanes) is 1. The van der Waals surface area contributed by atoms with Gasteiger partial charge >= 0.3 is 0 Å². The van der Waals surface area contributed by atoms with Gasteiger partial charge in [-0.25, -0.2) is 42.1 Å². The number of ether oxygens (including phenoxy) is 5. The number of fused-ring (bicyclic) bond motifs is 5. The molecule has 0 saturated carbocycles. The summed E-state index contributed by atoms with van der Waals surface area (Å²) in [6.45, 7) is 20.3. The lowest BCUT2D eigenvalue weighted by molar-refractivity contribution is 0.112. The third-order valence-corrected chi connectivity index (χ3v) is 36.9. The van der Waals surface area contributed by atoms with Crippen LogP contribution in [0, 0.1) is 0 Å². The highest BCUT2D eigenvalue weighted by Gasteiger charge is 2.48. The molecule has 7 N–H and O–H groups in total. The minimum atomic E-state index is -3.62. The minimum Gasteiger partial charge on any atom is -0.504 e. The Balaban J connectivity index is 0.000000158. The lowest BCUT2D eigenvalue weighted by Gasteiger charge is -2.35. The number of phenolic OH excluding ortho intramolecular Hbond substituents is 2. The molecule has 0 bridgehead atoms. The van der Waals surface area contributed by atoms with E-state index in [1.807, 2.05) is 226 Å². The lowest BCUT2D eigenvalue weighted by atomic mass is 9.88. The first kappa shape index (κ1) is 102. The number of aldehydes is 1. The molecule has 10 aromatic carbocycles. The first-order valence-electron chi connectivity index (χ1n) is 45.1. The van der Waals surface area contributed by atoms with E-state index >= 15 is 0 Å². The van der Waals surface area contributed by atoms with Crippen LogP contribution in [0.5, 0.6) is 40.2 Å². The second kappa shape index (κ2) is 42.9. The van der Waals surface area contributed by atoms with Gasteiger partial charge in [0.25, 0.3) is 0 Å². The molecule has 131 heavy (non-hydrogen) atoms. The molecule has 0 saturated heterocycles. The zero-order valence-corrected chi connectivity index (χ0v) is 81.9. The van der Waals surface area contributed by atoms with Gasteiger partial charge in [0.2, 0.25) is 0 Å². The van der Waals surface area contributed by atoms with Crippen LogP contribution in [0.1, 0.15) is 242 Å². The Morgan fingerprint density at radius 1 is 0.298 bits per heavy atom. The van der Waals surface area contributed by atoms with Gasteiger partial charge in [0.1, 0.15) is 12.0 Å². The second-order valence-electron chi connectivity index (χ2n) is 34.6. The number of rotatable bonds is 23. The van der Waals surface area contributed by atoms with Gasteiger partial charge in [-0.15, -0.1) is 0 Å². The lowest BCUT2D eigenvalue weighted by Crippen LogP contribution is -2.50. The molecular weight excluding hydrogens is 1760 g/mol. The number of sulfone groups is 5. The van der Waals surface area contributed by atoms with E-state index in [1.165, 1.54) is 32.4 Å². The fourth-order valence-corrected chi connectivity index (χ4v) is 29.6. The minimum absolute atomic E-state index is 0.0481. The number of hydrogen-bond acceptors (Lipinski definition) is 23. The number of carbonyl (C=O) groups is 1. The van der Waals surface area contributed by atoms with Crippen molar-refractivity contribution in [3.63, 3.8) is 0 Å². The molecule has 0 amide bonds. The van der Waals surface area contributed by atoms with Gasteiger partial charge in [0.05, 0.1) is 119 Å². The topological polar surface area (TPSA) is 335 Å². The van der Waals surface area contributed by atoms with Crippen LogP contribution in [0.4, 0.5) is 0 Å². The monoisotopic (exact) mass is 1880 g/mol. The molecule has 4 unspecified atom stereocenters. The van der Waals surface area contributed by atoms with Crippen LogP contribution < -0.4 is 50.3 Å². The van der Waals surface area contributed by atoms with E-state index in [9.17, 15) is 57.1 Å². The summed E-state index contributed by atoms with van der Waals surface area (Å²) in [5, 5.41) is 38.1. The highest BCUT2D eigenvalue weighted by atomic mass is 32.2. The number of phenols is 2. The van der Waals surface area contributed by atoms with E-state index < -0.39 is 82.6 Å². The Morgan fingerprint density at radius 2 is 0.550 bits per heavy atom. The number of benzene rings is 10. The number of nitrogens with one attached hydrogen (secondary N) is 5. The van der Waals surface area contributed by atoms with Gasteiger partial charge in [0, 0.05) is 51.5 Å². The third kappa shape index (κ3) is 22.4. The number of aromatic hydroxyl groups is 2. The quantitative estimate of drug-likeness (QED) is 0.0231. The molecule has 6 atom stereocenters. The molecule has 5 heterocycles. The maximum Gasteiger partial charge on any atom is 0.180 e. The number of hydrogen-bond donors (Lipinski definition) is 7. The summed E-state index contributed by atoms with van der Waals surface area (Å²) in [6, 6.07) is 67.8. The van der Waals surface area contributed by atoms with E-state index in [-0.39, 0.29) is 74.5 Å². The van der Waals surface area contributed by atoms with E-state index in [2.05, 4.69) is 33.5 Å².